The number of nitrogens with one attached hydrogen (secondary N) is 1. The van der Waals surface area contributed by atoms with E-state index in [0.717, 1.165) is 42.6 Å². The van der Waals surface area contributed by atoms with Crippen molar-refractivity contribution < 1.29 is 47.3 Å². The molecule has 1 radical (unpaired) electrons. The topological polar surface area (TPSA) is 58.6 Å². The molecule has 1 saturated heterocycles. The van der Waals surface area contributed by atoms with Gasteiger partial charge in [-0.3, -0.25) is 4.79 Å². The Morgan fingerprint density at radius 2 is 2.20 bits per heavy atom. The van der Waals surface area contributed by atoms with Crippen molar-refractivity contribution in [2.75, 3.05) is 13.2 Å². The van der Waals surface area contributed by atoms with Gasteiger partial charge in [0.1, 0.15) is 5.75 Å². The van der Waals surface area contributed by atoms with E-state index in [1.165, 1.54) is 0 Å². The molecule has 1 aliphatic heterocycles. The summed E-state index contributed by atoms with van der Waals surface area (Å²) in [6.07, 6.45) is 3.48. The summed E-state index contributed by atoms with van der Waals surface area (Å²) in [5.41, 5.74) is 2.18. The molecule has 131 valence electrons. The zero-order valence-electron chi connectivity index (χ0n) is 14.5. The molecule has 4 nitrogen and oxygen atoms in total. The zero-order chi connectivity index (χ0) is 16.9. The van der Waals surface area contributed by atoms with Crippen molar-refractivity contribution in [1.82, 2.24) is 5.32 Å². The van der Waals surface area contributed by atoms with Gasteiger partial charge in [0, 0.05) is 51.6 Å². The fourth-order valence-electron chi connectivity index (χ4n) is 3.38. The first-order valence-electron chi connectivity index (χ1n) is 8.65. The molecule has 2 N–H and O–H groups in total. The largest absolute Gasteiger partial charge is 0.493 e. The molecule has 2 aliphatic rings. The van der Waals surface area contributed by atoms with Crippen LogP contribution in [0.2, 0.25) is 0 Å². The Labute approximate surface area is 175 Å². The number of unbranched alkanes of at least 4 members (excludes halogenated alkanes) is 1. The van der Waals surface area contributed by atoms with Gasteiger partial charge in [0.05, 0.1) is 18.6 Å². The predicted molar refractivity (Wildman–Crippen MR) is 92.2 cm³/mol. The fraction of sp³-hybridized carbons (Fsp3) is 0.500. The van der Waals surface area contributed by atoms with Gasteiger partial charge in [-0.15, -0.1) is 11.8 Å². The number of ether oxygens (including phenoxy) is 1. The maximum atomic E-state index is 12.0. The molecule has 1 aromatic carbocycles. The number of carbonyl (C=O) groups is 1. The first-order valence-corrected chi connectivity index (χ1v) is 8.65. The Balaban J connectivity index is 0.00000225. The third-order valence-electron chi connectivity index (χ3n) is 4.82. The first-order chi connectivity index (χ1) is 11.7. The van der Waals surface area contributed by atoms with Crippen LogP contribution in [0.3, 0.4) is 0 Å². The average molecular weight is 415 g/mol. The van der Waals surface area contributed by atoms with E-state index in [4.69, 9.17) is 4.74 Å². The molecule has 1 heterocycles. The average Bonchev–Trinajstić information content (AvgIpc) is 3.13. The summed E-state index contributed by atoms with van der Waals surface area (Å²) < 4.78 is 5.92. The summed E-state index contributed by atoms with van der Waals surface area (Å²) in [6.45, 7) is 4.90. The van der Waals surface area contributed by atoms with Gasteiger partial charge < -0.3 is 22.1 Å². The molecule has 0 aromatic heterocycles. The van der Waals surface area contributed by atoms with E-state index >= 15 is 0 Å². The van der Waals surface area contributed by atoms with Gasteiger partial charge in [-0.25, -0.2) is 0 Å². The monoisotopic (exact) mass is 415 g/mol. The normalized spacial score (nSPS) is 23.9. The zero-order valence-corrected chi connectivity index (χ0v) is 17.3. The first kappa shape index (κ1) is 20.4. The smallest absolute Gasteiger partial charge is 0.224 e. The molecule has 1 unspecified atom stereocenters. The number of amides is 1. The number of hydrogen-bond donors (Lipinski definition) is 2. The Kier molecular flexibility index (Phi) is 7.94. The summed E-state index contributed by atoms with van der Waals surface area (Å²) in [7, 11) is 0. The van der Waals surface area contributed by atoms with E-state index in [1.807, 2.05) is 18.2 Å². The van der Waals surface area contributed by atoms with Crippen LogP contribution in [0.1, 0.15) is 42.9 Å². The van der Waals surface area contributed by atoms with Crippen LogP contribution in [-0.4, -0.2) is 24.2 Å². The quantitative estimate of drug-likeness (QED) is 0.574. The number of rotatable bonds is 5. The molecule has 1 aliphatic carbocycles. The van der Waals surface area contributed by atoms with Crippen molar-refractivity contribution in [2.45, 2.75) is 38.2 Å². The molecule has 3 rings (SSSR count). The molecule has 1 aromatic rings. The van der Waals surface area contributed by atoms with E-state index in [1.54, 1.807) is 0 Å². The maximum absolute atomic E-state index is 12.0. The summed E-state index contributed by atoms with van der Waals surface area (Å²) in [6, 6.07) is 5.86. The molecule has 1 fully saturated rings. The predicted octanol–water partition coefficient (Wildman–Crippen LogP) is 2.41. The van der Waals surface area contributed by atoms with Crippen molar-refractivity contribution >= 4 is 5.91 Å². The molecule has 3 atom stereocenters. The second kappa shape index (κ2) is 9.71. The van der Waals surface area contributed by atoms with Crippen molar-refractivity contribution in [3.05, 3.63) is 36.2 Å². The SMILES string of the molecule is [CH2-]CCC#CC[C@H]1C(=O)NC[C@@H]1COc1ccc2c(c1)CCC2O.[Y]. The van der Waals surface area contributed by atoms with Crippen LogP contribution in [0, 0.1) is 30.6 Å². The van der Waals surface area contributed by atoms with E-state index in [9.17, 15) is 9.90 Å². The van der Waals surface area contributed by atoms with Crippen molar-refractivity contribution in [1.29, 1.82) is 0 Å². The molecule has 0 saturated carbocycles. The number of aryl methyl sites for hydroxylation is 1. The number of aliphatic hydroxyl groups excluding tert-OH is 1. The minimum atomic E-state index is -0.341. The number of benzene rings is 1. The Bertz CT molecular complexity index is 665. The third-order valence-corrected chi connectivity index (χ3v) is 4.82. The third kappa shape index (κ3) is 5.06. The van der Waals surface area contributed by atoms with E-state index in [0.29, 0.717) is 19.6 Å². The standard InChI is InChI=1S/C20H24NO3.Y/c1-2-3-4-5-6-18-15(12-21-20(18)23)13-24-16-8-9-17-14(11-16)7-10-19(17)22;/h8-9,11,15,18-19,22H,1-3,6-7,10,12-13H2,(H,21,23);/q-1;/t15-,18-,19?;/m1./s1. The number of aliphatic hydroxyl groups is 1. The van der Waals surface area contributed by atoms with Gasteiger partial charge in [-0.05, 0) is 42.5 Å². The van der Waals surface area contributed by atoms with Crippen molar-refractivity contribution in [3.63, 3.8) is 0 Å². The molecular weight excluding hydrogens is 391 g/mol. The van der Waals surface area contributed by atoms with Gasteiger partial charge in [0.15, 0.2) is 0 Å². The minimum absolute atomic E-state index is 0. The molecule has 25 heavy (non-hydrogen) atoms. The second-order valence-electron chi connectivity index (χ2n) is 6.50. The summed E-state index contributed by atoms with van der Waals surface area (Å²) >= 11 is 0. The van der Waals surface area contributed by atoms with Crippen molar-refractivity contribution in [3.8, 4) is 17.6 Å². The van der Waals surface area contributed by atoms with Crippen LogP contribution >= 0.6 is 0 Å². The molecule has 5 heteroatoms. The number of fused-ring (bicyclic) bond motifs is 1. The van der Waals surface area contributed by atoms with E-state index in [-0.39, 0.29) is 56.6 Å². The Hall–Kier alpha value is -0.886. The molecular formula is C20H24NO3Y-. The van der Waals surface area contributed by atoms with Gasteiger partial charge in [0.2, 0.25) is 5.91 Å². The van der Waals surface area contributed by atoms with Gasteiger partial charge in [0.25, 0.3) is 0 Å². The molecule has 1 amide bonds. The number of hydrogen-bond acceptors (Lipinski definition) is 3. The summed E-state index contributed by atoms with van der Waals surface area (Å²) in [4.78, 5) is 12.0. The van der Waals surface area contributed by atoms with Gasteiger partial charge in [-0.2, -0.15) is 6.42 Å². The maximum Gasteiger partial charge on any atom is 0.224 e. The van der Waals surface area contributed by atoms with Crippen molar-refractivity contribution in [2.24, 2.45) is 11.8 Å². The van der Waals surface area contributed by atoms with Crippen LogP contribution in [0.25, 0.3) is 0 Å². The molecule has 0 bridgehead atoms. The van der Waals surface area contributed by atoms with Crippen LogP contribution in [0.15, 0.2) is 18.2 Å². The Morgan fingerprint density at radius 3 is 3.00 bits per heavy atom. The second-order valence-corrected chi connectivity index (χ2v) is 6.50. The van der Waals surface area contributed by atoms with Crippen LogP contribution < -0.4 is 10.1 Å². The molecule has 0 spiro atoms. The minimum Gasteiger partial charge on any atom is -0.493 e. The summed E-state index contributed by atoms with van der Waals surface area (Å²) in [5.74, 6) is 7.07. The van der Waals surface area contributed by atoms with E-state index in [2.05, 4.69) is 24.1 Å². The van der Waals surface area contributed by atoms with Gasteiger partial charge in [-0.1, -0.05) is 6.07 Å². The fourth-order valence-corrected chi connectivity index (χ4v) is 3.38. The van der Waals surface area contributed by atoms with Gasteiger partial charge >= 0.3 is 0 Å². The number of carbonyl (C=O) groups excluding carboxylic acids is 1. The van der Waals surface area contributed by atoms with Crippen LogP contribution in [0.4, 0.5) is 0 Å². The Morgan fingerprint density at radius 1 is 1.36 bits per heavy atom. The van der Waals surface area contributed by atoms with Crippen LogP contribution in [-0.2, 0) is 43.9 Å². The summed E-state index contributed by atoms with van der Waals surface area (Å²) in [5, 5.41) is 12.8. The van der Waals surface area contributed by atoms with Crippen LogP contribution in [0.5, 0.6) is 5.75 Å². The van der Waals surface area contributed by atoms with E-state index < -0.39 is 0 Å².